The van der Waals surface area contributed by atoms with Crippen molar-refractivity contribution in [3.63, 3.8) is 0 Å². The lowest BCUT2D eigenvalue weighted by atomic mass is 10.1. The van der Waals surface area contributed by atoms with Crippen molar-refractivity contribution >= 4 is 11.6 Å². The monoisotopic (exact) mass is 378 g/mol. The molecular formula is C22H26N4O2. The first kappa shape index (κ1) is 18.2. The smallest absolute Gasteiger partial charge is 0.231 e. The number of hydrogen-bond acceptors (Lipinski definition) is 4. The average Bonchev–Trinajstić information content (AvgIpc) is 3.42. The van der Waals surface area contributed by atoms with Crippen LogP contribution < -0.4 is 25.0 Å². The van der Waals surface area contributed by atoms with Gasteiger partial charge in [0.25, 0.3) is 0 Å². The van der Waals surface area contributed by atoms with Gasteiger partial charge < -0.3 is 25.0 Å². The van der Waals surface area contributed by atoms with Crippen molar-refractivity contribution in [3.8, 4) is 11.5 Å². The molecular weight excluding hydrogens is 352 g/mol. The maximum atomic E-state index is 5.44. The SMILES string of the molecule is CN=C(NCCc1ccc2c(c1)OCO2)NCc1cccc(N2CC=CC2)c1. The number of nitrogens with zero attached hydrogens (tertiary/aromatic N) is 2. The van der Waals surface area contributed by atoms with E-state index in [9.17, 15) is 0 Å². The van der Waals surface area contributed by atoms with Crippen LogP contribution in [0.3, 0.4) is 0 Å². The van der Waals surface area contributed by atoms with Gasteiger partial charge in [0.15, 0.2) is 17.5 Å². The summed E-state index contributed by atoms with van der Waals surface area (Å²) in [5, 5.41) is 6.76. The van der Waals surface area contributed by atoms with Crippen LogP contribution in [0.5, 0.6) is 11.5 Å². The van der Waals surface area contributed by atoms with Crippen LogP contribution in [0.2, 0.25) is 0 Å². The molecule has 2 aromatic carbocycles. The molecule has 0 amide bonds. The average molecular weight is 378 g/mol. The van der Waals surface area contributed by atoms with Crippen LogP contribution in [0, 0.1) is 0 Å². The molecule has 2 aliphatic heterocycles. The molecule has 0 fully saturated rings. The van der Waals surface area contributed by atoms with Crippen LogP contribution >= 0.6 is 0 Å². The molecule has 0 atom stereocenters. The molecule has 0 spiro atoms. The Bertz CT molecular complexity index is 871. The van der Waals surface area contributed by atoms with Gasteiger partial charge >= 0.3 is 0 Å². The zero-order valence-electron chi connectivity index (χ0n) is 16.1. The molecule has 0 saturated carbocycles. The Balaban J connectivity index is 1.25. The van der Waals surface area contributed by atoms with Crippen molar-refractivity contribution in [2.24, 2.45) is 4.99 Å². The Labute approximate surface area is 165 Å². The Morgan fingerprint density at radius 3 is 2.71 bits per heavy atom. The van der Waals surface area contributed by atoms with E-state index < -0.39 is 0 Å². The molecule has 2 aliphatic rings. The van der Waals surface area contributed by atoms with Crippen molar-refractivity contribution in [2.75, 3.05) is 38.4 Å². The van der Waals surface area contributed by atoms with E-state index >= 15 is 0 Å². The molecule has 0 radical (unpaired) electrons. The second-order valence-electron chi connectivity index (χ2n) is 6.84. The van der Waals surface area contributed by atoms with E-state index in [4.69, 9.17) is 9.47 Å². The minimum absolute atomic E-state index is 0.309. The van der Waals surface area contributed by atoms with E-state index in [1.54, 1.807) is 7.05 Å². The summed E-state index contributed by atoms with van der Waals surface area (Å²) in [5.41, 5.74) is 3.71. The minimum Gasteiger partial charge on any atom is -0.454 e. The highest BCUT2D eigenvalue weighted by Crippen LogP contribution is 2.32. The van der Waals surface area contributed by atoms with E-state index in [0.717, 1.165) is 50.1 Å². The quantitative estimate of drug-likeness (QED) is 0.460. The van der Waals surface area contributed by atoms with Crippen molar-refractivity contribution in [2.45, 2.75) is 13.0 Å². The number of anilines is 1. The fraction of sp³-hybridized carbons (Fsp3) is 0.318. The van der Waals surface area contributed by atoms with Gasteiger partial charge in [-0.3, -0.25) is 4.99 Å². The largest absolute Gasteiger partial charge is 0.454 e. The van der Waals surface area contributed by atoms with Gasteiger partial charge in [0, 0.05) is 38.9 Å². The summed E-state index contributed by atoms with van der Waals surface area (Å²) < 4.78 is 10.8. The summed E-state index contributed by atoms with van der Waals surface area (Å²) >= 11 is 0. The zero-order valence-corrected chi connectivity index (χ0v) is 16.1. The summed E-state index contributed by atoms with van der Waals surface area (Å²) in [6.07, 6.45) is 5.29. The lowest BCUT2D eigenvalue weighted by Crippen LogP contribution is -2.37. The second kappa shape index (κ2) is 8.69. The van der Waals surface area contributed by atoms with Gasteiger partial charge in [-0.2, -0.15) is 0 Å². The van der Waals surface area contributed by atoms with Crippen molar-refractivity contribution in [1.82, 2.24) is 10.6 Å². The summed E-state index contributed by atoms with van der Waals surface area (Å²) in [6.45, 7) is 3.81. The number of hydrogen-bond donors (Lipinski definition) is 2. The van der Waals surface area contributed by atoms with Gasteiger partial charge in [0.2, 0.25) is 6.79 Å². The van der Waals surface area contributed by atoms with Crippen molar-refractivity contribution in [3.05, 3.63) is 65.7 Å². The molecule has 28 heavy (non-hydrogen) atoms. The van der Waals surface area contributed by atoms with E-state index in [1.165, 1.54) is 16.8 Å². The molecule has 6 nitrogen and oxygen atoms in total. The van der Waals surface area contributed by atoms with Gasteiger partial charge in [-0.25, -0.2) is 0 Å². The summed E-state index contributed by atoms with van der Waals surface area (Å²) in [6, 6.07) is 14.7. The van der Waals surface area contributed by atoms with Crippen LogP contribution in [0.25, 0.3) is 0 Å². The number of fused-ring (bicyclic) bond motifs is 1. The van der Waals surface area contributed by atoms with Crippen LogP contribution in [0.1, 0.15) is 11.1 Å². The van der Waals surface area contributed by atoms with Crippen LogP contribution in [-0.2, 0) is 13.0 Å². The Morgan fingerprint density at radius 2 is 1.86 bits per heavy atom. The maximum absolute atomic E-state index is 5.44. The molecule has 0 aromatic heterocycles. The fourth-order valence-electron chi connectivity index (χ4n) is 3.38. The molecule has 0 aliphatic carbocycles. The molecule has 0 unspecified atom stereocenters. The van der Waals surface area contributed by atoms with E-state index in [-0.39, 0.29) is 0 Å². The molecule has 0 bridgehead atoms. The summed E-state index contributed by atoms with van der Waals surface area (Å²) in [7, 11) is 1.79. The molecule has 4 rings (SSSR count). The maximum Gasteiger partial charge on any atom is 0.231 e. The predicted molar refractivity (Wildman–Crippen MR) is 112 cm³/mol. The number of rotatable bonds is 6. The van der Waals surface area contributed by atoms with Crippen molar-refractivity contribution < 1.29 is 9.47 Å². The first-order valence-electron chi connectivity index (χ1n) is 9.64. The Hall–Kier alpha value is -3.15. The minimum atomic E-state index is 0.309. The molecule has 2 heterocycles. The predicted octanol–water partition coefficient (Wildman–Crippen LogP) is 2.70. The van der Waals surface area contributed by atoms with E-state index in [1.807, 2.05) is 12.1 Å². The molecule has 0 saturated heterocycles. The van der Waals surface area contributed by atoms with Crippen LogP contribution in [0.15, 0.2) is 59.6 Å². The highest BCUT2D eigenvalue weighted by atomic mass is 16.7. The molecule has 146 valence electrons. The Kier molecular flexibility index (Phi) is 5.66. The number of ether oxygens (including phenoxy) is 2. The fourth-order valence-corrected chi connectivity index (χ4v) is 3.38. The third kappa shape index (κ3) is 4.39. The third-order valence-corrected chi connectivity index (χ3v) is 4.92. The van der Waals surface area contributed by atoms with Crippen LogP contribution in [0.4, 0.5) is 5.69 Å². The van der Waals surface area contributed by atoms with Gasteiger partial charge in [0.1, 0.15) is 0 Å². The molecule has 6 heteroatoms. The zero-order chi connectivity index (χ0) is 19.2. The molecule has 2 N–H and O–H groups in total. The van der Waals surface area contributed by atoms with E-state index in [2.05, 4.69) is 63.0 Å². The second-order valence-corrected chi connectivity index (χ2v) is 6.84. The van der Waals surface area contributed by atoms with Gasteiger partial charge in [-0.05, 0) is 41.8 Å². The first-order chi connectivity index (χ1) is 13.8. The van der Waals surface area contributed by atoms with Crippen LogP contribution in [-0.4, -0.2) is 39.4 Å². The van der Waals surface area contributed by atoms with Gasteiger partial charge in [0.05, 0.1) is 0 Å². The first-order valence-corrected chi connectivity index (χ1v) is 9.64. The lowest BCUT2D eigenvalue weighted by Gasteiger charge is -2.19. The number of benzene rings is 2. The number of aliphatic imine (C=N–C) groups is 1. The molecule has 2 aromatic rings. The van der Waals surface area contributed by atoms with E-state index in [0.29, 0.717) is 6.79 Å². The van der Waals surface area contributed by atoms with Gasteiger partial charge in [-0.1, -0.05) is 30.4 Å². The van der Waals surface area contributed by atoms with Crippen molar-refractivity contribution in [1.29, 1.82) is 0 Å². The standard InChI is InChI=1S/C22H26N4O2/c1-23-22(24-10-9-17-7-8-20-21(14-17)28-16-27-20)25-15-18-5-4-6-19(13-18)26-11-2-3-12-26/h2-8,13-14H,9-12,15-16H2,1H3,(H2,23,24,25). The number of nitrogens with one attached hydrogen (secondary N) is 2. The Morgan fingerprint density at radius 1 is 1.00 bits per heavy atom. The highest BCUT2D eigenvalue weighted by molar-refractivity contribution is 5.79. The number of guanidine groups is 1. The highest BCUT2D eigenvalue weighted by Gasteiger charge is 2.13. The summed E-state index contributed by atoms with van der Waals surface area (Å²) in [4.78, 5) is 6.67. The summed E-state index contributed by atoms with van der Waals surface area (Å²) in [5.74, 6) is 2.45. The van der Waals surface area contributed by atoms with Gasteiger partial charge in [-0.15, -0.1) is 0 Å². The third-order valence-electron chi connectivity index (χ3n) is 4.92. The topological polar surface area (TPSA) is 58.1 Å². The lowest BCUT2D eigenvalue weighted by molar-refractivity contribution is 0.174. The normalized spacial score (nSPS) is 15.2.